The van der Waals surface area contributed by atoms with Crippen LogP contribution in [0.2, 0.25) is 0 Å². The van der Waals surface area contributed by atoms with E-state index in [0.717, 1.165) is 48.9 Å². The number of fused-ring (bicyclic) bond motifs is 1. The van der Waals surface area contributed by atoms with Crippen molar-refractivity contribution in [2.75, 3.05) is 19.7 Å². The summed E-state index contributed by atoms with van der Waals surface area (Å²) in [4.78, 5) is 19.3. The minimum atomic E-state index is -0.0123. The van der Waals surface area contributed by atoms with Crippen LogP contribution in [0.1, 0.15) is 44.4 Å². The van der Waals surface area contributed by atoms with Gasteiger partial charge in [-0.1, -0.05) is 26.7 Å². The van der Waals surface area contributed by atoms with Crippen LogP contribution in [0.3, 0.4) is 0 Å². The monoisotopic (exact) mass is 343 g/mol. The highest BCUT2D eigenvalue weighted by molar-refractivity contribution is 5.41. The van der Waals surface area contributed by atoms with Gasteiger partial charge in [0.2, 0.25) is 0 Å². The molecule has 0 radical (unpaired) electrons. The van der Waals surface area contributed by atoms with E-state index in [1.165, 1.54) is 12.8 Å². The quantitative estimate of drug-likeness (QED) is 0.809. The van der Waals surface area contributed by atoms with Gasteiger partial charge in [0.1, 0.15) is 5.65 Å². The van der Waals surface area contributed by atoms with Crippen LogP contribution in [-0.2, 0) is 11.3 Å². The molecule has 1 aliphatic heterocycles. The van der Waals surface area contributed by atoms with Crippen molar-refractivity contribution in [2.24, 2.45) is 5.92 Å². The molecular formula is C20H29N3O2. The molecule has 2 aromatic rings. The van der Waals surface area contributed by atoms with Gasteiger partial charge in [0, 0.05) is 31.9 Å². The van der Waals surface area contributed by atoms with Gasteiger partial charge in [-0.2, -0.15) is 0 Å². The van der Waals surface area contributed by atoms with Crippen LogP contribution >= 0.6 is 0 Å². The molecule has 1 saturated heterocycles. The maximum atomic E-state index is 12.3. The molecule has 5 nitrogen and oxygen atoms in total. The summed E-state index contributed by atoms with van der Waals surface area (Å²) in [6.07, 6.45) is 5.68. The fraction of sp³-hybridized carbons (Fsp3) is 0.600. The summed E-state index contributed by atoms with van der Waals surface area (Å²) in [6.45, 7) is 9.84. The molecule has 1 atom stereocenters. The van der Waals surface area contributed by atoms with Crippen LogP contribution < -0.4 is 5.56 Å². The van der Waals surface area contributed by atoms with Gasteiger partial charge in [0.15, 0.2) is 0 Å². The van der Waals surface area contributed by atoms with Crippen LogP contribution in [0.5, 0.6) is 0 Å². The lowest BCUT2D eigenvalue weighted by molar-refractivity contribution is -0.0363. The van der Waals surface area contributed by atoms with Crippen molar-refractivity contribution in [3.05, 3.63) is 46.0 Å². The largest absolute Gasteiger partial charge is 0.376 e. The van der Waals surface area contributed by atoms with Crippen molar-refractivity contribution in [3.63, 3.8) is 0 Å². The highest BCUT2D eigenvalue weighted by atomic mass is 16.5. The standard InChI is InChI=1S/C20H29N3O2/c1-15(2)5-4-6-18-14-22(9-10-25-18)13-17-12-20(24)23-8-7-16(3)11-19(23)21-17/h7-8,11-12,15,18H,4-6,9-10,13-14H2,1-3H3/t18-/m1/s1. The number of hydrogen-bond acceptors (Lipinski definition) is 4. The second-order valence-corrected chi connectivity index (χ2v) is 7.57. The molecule has 3 heterocycles. The second kappa shape index (κ2) is 8.11. The summed E-state index contributed by atoms with van der Waals surface area (Å²) >= 11 is 0. The van der Waals surface area contributed by atoms with E-state index in [9.17, 15) is 4.79 Å². The third kappa shape index (κ3) is 4.89. The highest BCUT2D eigenvalue weighted by Crippen LogP contribution is 2.16. The molecule has 2 aromatic heterocycles. The molecule has 136 valence electrons. The van der Waals surface area contributed by atoms with E-state index in [1.807, 2.05) is 19.1 Å². The Hall–Kier alpha value is -1.72. The van der Waals surface area contributed by atoms with Crippen LogP contribution in [0.4, 0.5) is 0 Å². The van der Waals surface area contributed by atoms with E-state index < -0.39 is 0 Å². The van der Waals surface area contributed by atoms with Crippen molar-refractivity contribution >= 4 is 5.65 Å². The first-order valence-corrected chi connectivity index (χ1v) is 9.34. The summed E-state index contributed by atoms with van der Waals surface area (Å²) in [5, 5.41) is 0. The molecule has 3 rings (SSSR count). The van der Waals surface area contributed by atoms with Gasteiger partial charge in [0.05, 0.1) is 18.4 Å². The molecule has 0 spiro atoms. The summed E-state index contributed by atoms with van der Waals surface area (Å²) in [7, 11) is 0. The predicted octanol–water partition coefficient (Wildman–Crippen LogP) is 3.03. The van der Waals surface area contributed by atoms with Crippen molar-refractivity contribution in [1.29, 1.82) is 0 Å². The lowest BCUT2D eigenvalue weighted by atomic mass is 10.0. The number of morpholine rings is 1. The Labute approximate surface area is 149 Å². The first kappa shape index (κ1) is 18.1. The Balaban J connectivity index is 1.65. The first-order chi connectivity index (χ1) is 12.0. The zero-order chi connectivity index (χ0) is 17.8. The van der Waals surface area contributed by atoms with Gasteiger partial charge in [-0.3, -0.25) is 14.1 Å². The SMILES string of the molecule is Cc1ccn2c(=O)cc(CN3CCO[C@H](CCCC(C)C)C3)nc2c1. The van der Waals surface area contributed by atoms with Crippen molar-refractivity contribution < 1.29 is 4.74 Å². The molecule has 0 unspecified atom stereocenters. The third-order valence-electron chi connectivity index (χ3n) is 4.79. The van der Waals surface area contributed by atoms with Gasteiger partial charge < -0.3 is 4.74 Å². The molecular weight excluding hydrogens is 314 g/mol. The van der Waals surface area contributed by atoms with Crippen LogP contribution in [-0.4, -0.2) is 40.1 Å². The van der Waals surface area contributed by atoms with E-state index in [4.69, 9.17) is 4.74 Å². The topological polar surface area (TPSA) is 46.8 Å². The number of ether oxygens (including phenoxy) is 1. The number of hydrogen-bond donors (Lipinski definition) is 0. The van der Waals surface area contributed by atoms with Gasteiger partial charge in [-0.05, 0) is 37.0 Å². The number of nitrogens with zero attached hydrogens (tertiary/aromatic N) is 3. The Morgan fingerprint density at radius 1 is 1.36 bits per heavy atom. The van der Waals surface area contributed by atoms with Gasteiger partial charge in [-0.25, -0.2) is 4.98 Å². The summed E-state index contributed by atoms with van der Waals surface area (Å²) in [5.41, 5.74) is 2.67. The first-order valence-electron chi connectivity index (χ1n) is 9.34. The highest BCUT2D eigenvalue weighted by Gasteiger charge is 2.21. The number of aryl methyl sites for hydroxylation is 1. The Bertz CT molecular complexity index is 769. The fourth-order valence-electron chi connectivity index (χ4n) is 3.42. The normalized spacial score (nSPS) is 19.0. The summed E-state index contributed by atoms with van der Waals surface area (Å²) < 4.78 is 7.51. The Kier molecular flexibility index (Phi) is 5.86. The summed E-state index contributed by atoms with van der Waals surface area (Å²) in [5.74, 6) is 0.748. The van der Waals surface area contributed by atoms with Gasteiger partial charge in [0.25, 0.3) is 5.56 Å². The average molecular weight is 343 g/mol. The third-order valence-corrected chi connectivity index (χ3v) is 4.79. The molecule has 0 bridgehead atoms. The van der Waals surface area contributed by atoms with Gasteiger partial charge >= 0.3 is 0 Å². The van der Waals surface area contributed by atoms with Crippen LogP contribution in [0.15, 0.2) is 29.2 Å². The zero-order valence-corrected chi connectivity index (χ0v) is 15.6. The number of aromatic nitrogens is 2. The maximum Gasteiger partial charge on any atom is 0.258 e. The minimum Gasteiger partial charge on any atom is -0.376 e. The molecule has 1 aliphatic rings. The van der Waals surface area contributed by atoms with Gasteiger partial charge in [-0.15, -0.1) is 0 Å². The lowest BCUT2D eigenvalue weighted by Crippen LogP contribution is -2.42. The van der Waals surface area contributed by atoms with Crippen molar-refractivity contribution in [3.8, 4) is 0 Å². The maximum absolute atomic E-state index is 12.3. The van der Waals surface area contributed by atoms with E-state index in [0.29, 0.717) is 12.6 Å². The summed E-state index contributed by atoms with van der Waals surface area (Å²) in [6, 6.07) is 5.55. The molecule has 0 aromatic carbocycles. The van der Waals surface area contributed by atoms with Crippen LogP contribution in [0, 0.1) is 12.8 Å². The molecule has 0 amide bonds. The average Bonchev–Trinajstić information content (AvgIpc) is 2.54. The minimum absolute atomic E-state index is 0.0123. The smallest absolute Gasteiger partial charge is 0.258 e. The molecule has 25 heavy (non-hydrogen) atoms. The molecule has 0 saturated carbocycles. The molecule has 5 heteroatoms. The molecule has 0 aliphatic carbocycles. The van der Waals surface area contributed by atoms with E-state index in [-0.39, 0.29) is 5.56 Å². The van der Waals surface area contributed by atoms with Crippen molar-refractivity contribution in [1.82, 2.24) is 14.3 Å². The Morgan fingerprint density at radius 3 is 3.00 bits per heavy atom. The fourth-order valence-corrected chi connectivity index (χ4v) is 3.42. The number of pyridine rings is 1. The van der Waals surface area contributed by atoms with E-state index in [1.54, 1.807) is 16.7 Å². The lowest BCUT2D eigenvalue weighted by Gasteiger charge is -2.32. The zero-order valence-electron chi connectivity index (χ0n) is 15.6. The van der Waals surface area contributed by atoms with Crippen molar-refractivity contribution in [2.45, 2.75) is 52.7 Å². The molecule has 0 N–H and O–H groups in total. The predicted molar refractivity (Wildman–Crippen MR) is 99.9 cm³/mol. The Morgan fingerprint density at radius 2 is 2.20 bits per heavy atom. The van der Waals surface area contributed by atoms with E-state index >= 15 is 0 Å². The second-order valence-electron chi connectivity index (χ2n) is 7.57. The molecule has 1 fully saturated rings. The van der Waals surface area contributed by atoms with Crippen LogP contribution in [0.25, 0.3) is 5.65 Å². The van der Waals surface area contributed by atoms with E-state index in [2.05, 4.69) is 23.7 Å². The number of rotatable bonds is 6.